The van der Waals surface area contributed by atoms with Crippen LogP contribution in [0.2, 0.25) is 0 Å². The summed E-state index contributed by atoms with van der Waals surface area (Å²) in [6.07, 6.45) is 0.0475. The molecular formula is C15H20BrNO4. The van der Waals surface area contributed by atoms with Crippen molar-refractivity contribution in [2.45, 2.75) is 33.3 Å². The zero-order valence-corrected chi connectivity index (χ0v) is 13.9. The Morgan fingerprint density at radius 3 is 2.52 bits per heavy atom. The first-order valence-electron chi connectivity index (χ1n) is 6.75. The van der Waals surface area contributed by atoms with Crippen LogP contribution in [0.4, 0.5) is 0 Å². The van der Waals surface area contributed by atoms with Crippen molar-refractivity contribution in [1.29, 1.82) is 0 Å². The summed E-state index contributed by atoms with van der Waals surface area (Å²) in [5, 5.41) is 11.4. The van der Waals surface area contributed by atoms with Gasteiger partial charge in [-0.1, -0.05) is 22.9 Å². The zero-order valence-electron chi connectivity index (χ0n) is 12.4. The van der Waals surface area contributed by atoms with Crippen molar-refractivity contribution in [3.8, 4) is 5.75 Å². The molecule has 1 amide bonds. The molecule has 0 aliphatic heterocycles. The lowest BCUT2D eigenvalue weighted by Gasteiger charge is -2.13. The third-order valence-corrected chi connectivity index (χ3v) is 3.10. The van der Waals surface area contributed by atoms with Gasteiger partial charge in [-0.3, -0.25) is 9.59 Å². The molecule has 0 fully saturated rings. The number of ether oxygens (including phenoxy) is 1. The molecule has 2 N–H and O–H groups in total. The Bertz CT molecular complexity index is 516. The van der Waals surface area contributed by atoms with Gasteiger partial charge in [0.1, 0.15) is 5.75 Å². The number of halogens is 1. The number of rotatable bonds is 7. The number of hydrogen-bond donors (Lipinski definition) is 2. The van der Waals surface area contributed by atoms with E-state index in [1.165, 1.54) is 0 Å². The van der Waals surface area contributed by atoms with Crippen LogP contribution in [0.25, 0.3) is 0 Å². The number of nitrogens with one attached hydrogen (secondary N) is 1. The normalized spacial score (nSPS) is 12.0. The predicted molar refractivity (Wildman–Crippen MR) is 83.7 cm³/mol. The van der Waals surface area contributed by atoms with Gasteiger partial charge in [0.25, 0.3) is 5.91 Å². The third-order valence-electron chi connectivity index (χ3n) is 2.64. The van der Waals surface area contributed by atoms with E-state index >= 15 is 0 Å². The Balaban J connectivity index is 2.69. The molecule has 0 radical (unpaired) electrons. The monoisotopic (exact) mass is 357 g/mol. The second-order valence-electron chi connectivity index (χ2n) is 5.26. The first-order valence-corrected chi connectivity index (χ1v) is 7.54. The van der Waals surface area contributed by atoms with E-state index in [0.717, 1.165) is 4.47 Å². The summed E-state index contributed by atoms with van der Waals surface area (Å²) in [6.45, 7) is 5.92. The van der Waals surface area contributed by atoms with Gasteiger partial charge in [-0.05, 0) is 38.0 Å². The molecule has 1 atom stereocenters. The van der Waals surface area contributed by atoms with Crippen LogP contribution in [-0.2, 0) is 4.79 Å². The van der Waals surface area contributed by atoms with E-state index in [9.17, 15) is 9.59 Å². The summed E-state index contributed by atoms with van der Waals surface area (Å²) in [5.41, 5.74) is 0.475. The topological polar surface area (TPSA) is 75.6 Å². The minimum Gasteiger partial charge on any atom is -0.491 e. The maximum atomic E-state index is 12.1. The van der Waals surface area contributed by atoms with Crippen molar-refractivity contribution < 1.29 is 19.4 Å². The van der Waals surface area contributed by atoms with E-state index in [4.69, 9.17) is 9.84 Å². The molecule has 1 aromatic rings. The highest BCUT2D eigenvalue weighted by molar-refractivity contribution is 9.10. The van der Waals surface area contributed by atoms with Gasteiger partial charge in [0.2, 0.25) is 0 Å². The smallest absolute Gasteiger partial charge is 0.303 e. The molecule has 0 heterocycles. The number of hydrogen-bond acceptors (Lipinski definition) is 3. The zero-order chi connectivity index (χ0) is 16.0. The number of amides is 1. The molecule has 0 spiro atoms. The van der Waals surface area contributed by atoms with Gasteiger partial charge in [-0.25, -0.2) is 0 Å². The van der Waals surface area contributed by atoms with Crippen LogP contribution in [0.5, 0.6) is 5.75 Å². The third kappa shape index (κ3) is 6.62. The van der Waals surface area contributed by atoms with E-state index in [2.05, 4.69) is 21.2 Å². The van der Waals surface area contributed by atoms with E-state index in [0.29, 0.717) is 17.9 Å². The van der Waals surface area contributed by atoms with Crippen molar-refractivity contribution in [1.82, 2.24) is 5.32 Å². The molecule has 0 bridgehead atoms. The lowest BCUT2D eigenvalue weighted by molar-refractivity contribution is -0.137. The van der Waals surface area contributed by atoms with Crippen molar-refractivity contribution >= 4 is 27.8 Å². The lowest BCUT2D eigenvalue weighted by atomic mass is 10.1. The number of carboxylic acid groups (broad SMARTS) is 1. The van der Waals surface area contributed by atoms with Crippen molar-refractivity contribution in [3.05, 3.63) is 28.2 Å². The average molecular weight is 358 g/mol. The van der Waals surface area contributed by atoms with Crippen molar-refractivity contribution in [2.75, 3.05) is 6.54 Å². The van der Waals surface area contributed by atoms with Crippen LogP contribution in [0, 0.1) is 5.92 Å². The van der Waals surface area contributed by atoms with Crippen LogP contribution in [0.3, 0.4) is 0 Å². The fourth-order valence-corrected chi connectivity index (χ4v) is 2.25. The van der Waals surface area contributed by atoms with Gasteiger partial charge >= 0.3 is 5.97 Å². The number of carbonyl (C=O) groups is 2. The largest absolute Gasteiger partial charge is 0.491 e. The van der Waals surface area contributed by atoms with Crippen LogP contribution in [0.15, 0.2) is 22.7 Å². The van der Waals surface area contributed by atoms with Gasteiger partial charge in [0.15, 0.2) is 0 Å². The summed E-state index contributed by atoms with van der Waals surface area (Å²) >= 11 is 3.35. The summed E-state index contributed by atoms with van der Waals surface area (Å²) in [6, 6.07) is 5.16. The Kier molecular flexibility index (Phi) is 6.68. The summed E-state index contributed by atoms with van der Waals surface area (Å²) in [5.74, 6) is -0.623. The Labute approximate surface area is 132 Å². The van der Waals surface area contributed by atoms with E-state index in [-0.39, 0.29) is 24.3 Å². The van der Waals surface area contributed by atoms with Crippen molar-refractivity contribution in [3.63, 3.8) is 0 Å². The van der Waals surface area contributed by atoms with Gasteiger partial charge in [-0.2, -0.15) is 0 Å². The minimum atomic E-state index is -0.869. The average Bonchev–Trinajstić information content (AvgIpc) is 2.33. The van der Waals surface area contributed by atoms with Gasteiger partial charge in [-0.15, -0.1) is 0 Å². The molecule has 0 aliphatic carbocycles. The fourth-order valence-electron chi connectivity index (χ4n) is 1.77. The molecule has 21 heavy (non-hydrogen) atoms. The van der Waals surface area contributed by atoms with Gasteiger partial charge in [0, 0.05) is 23.0 Å². The molecule has 0 aromatic heterocycles. The van der Waals surface area contributed by atoms with E-state index in [1.54, 1.807) is 25.1 Å². The van der Waals surface area contributed by atoms with Gasteiger partial charge in [0.05, 0.1) is 6.10 Å². The molecule has 116 valence electrons. The van der Waals surface area contributed by atoms with Crippen LogP contribution < -0.4 is 10.1 Å². The first-order chi connectivity index (χ1) is 9.77. The summed E-state index contributed by atoms with van der Waals surface area (Å²) in [4.78, 5) is 22.7. The second kappa shape index (κ2) is 8.02. The number of carboxylic acids is 1. The van der Waals surface area contributed by atoms with Crippen LogP contribution in [-0.4, -0.2) is 29.6 Å². The molecule has 0 saturated carbocycles. The molecule has 1 aromatic carbocycles. The lowest BCUT2D eigenvalue weighted by Crippen LogP contribution is -2.29. The highest BCUT2D eigenvalue weighted by Gasteiger charge is 2.12. The number of benzene rings is 1. The molecule has 0 saturated heterocycles. The number of carbonyl (C=O) groups excluding carboxylic acids is 1. The summed E-state index contributed by atoms with van der Waals surface area (Å²) < 4.78 is 6.33. The Hall–Kier alpha value is -1.56. The SMILES string of the molecule is CC(CNC(=O)c1cc(Br)cc(OC(C)C)c1)CC(=O)O. The molecule has 0 aliphatic rings. The molecule has 5 nitrogen and oxygen atoms in total. The highest BCUT2D eigenvalue weighted by atomic mass is 79.9. The van der Waals surface area contributed by atoms with Crippen molar-refractivity contribution in [2.24, 2.45) is 5.92 Å². The maximum Gasteiger partial charge on any atom is 0.303 e. The first kappa shape index (κ1) is 17.5. The second-order valence-corrected chi connectivity index (χ2v) is 6.17. The highest BCUT2D eigenvalue weighted by Crippen LogP contribution is 2.22. The molecule has 1 rings (SSSR count). The summed E-state index contributed by atoms with van der Waals surface area (Å²) in [7, 11) is 0. The van der Waals surface area contributed by atoms with E-state index in [1.807, 2.05) is 13.8 Å². The maximum absolute atomic E-state index is 12.1. The molecule has 6 heteroatoms. The number of aliphatic carboxylic acids is 1. The fraction of sp³-hybridized carbons (Fsp3) is 0.467. The molecular weight excluding hydrogens is 338 g/mol. The van der Waals surface area contributed by atoms with E-state index < -0.39 is 5.97 Å². The quantitative estimate of drug-likeness (QED) is 0.786. The van der Waals surface area contributed by atoms with Gasteiger partial charge < -0.3 is 15.2 Å². The Morgan fingerprint density at radius 1 is 1.29 bits per heavy atom. The standard InChI is InChI=1S/C15H20BrNO4/c1-9(2)21-13-6-11(5-12(16)7-13)15(20)17-8-10(3)4-14(18)19/h5-7,9-10H,4,8H2,1-3H3,(H,17,20)(H,18,19). The molecule has 1 unspecified atom stereocenters. The minimum absolute atomic E-state index is 0.0193. The predicted octanol–water partition coefficient (Wildman–Crippen LogP) is 3.08. The van der Waals surface area contributed by atoms with Crippen LogP contribution >= 0.6 is 15.9 Å². The Morgan fingerprint density at radius 2 is 1.95 bits per heavy atom. The van der Waals surface area contributed by atoms with Crippen LogP contribution in [0.1, 0.15) is 37.6 Å².